The Morgan fingerprint density at radius 2 is 1.60 bits per heavy atom. The van der Waals surface area contributed by atoms with E-state index >= 15 is 0 Å². The van der Waals surface area contributed by atoms with E-state index in [2.05, 4.69) is 21.2 Å². The third-order valence-corrected chi connectivity index (χ3v) is 10.1. The van der Waals surface area contributed by atoms with E-state index in [1.54, 1.807) is 37.3 Å². The molecule has 1 fully saturated rings. The van der Waals surface area contributed by atoms with Crippen molar-refractivity contribution in [3.63, 3.8) is 0 Å². The Kier molecular flexibility index (Phi) is 10.5. The van der Waals surface area contributed by atoms with E-state index in [4.69, 9.17) is 0 Å². The van der Waals surface area contributed by atoms with Gasteiger partial charge in [0.1, 0.15) is 12.6 Å². The molecule has 3 aromatic rings. The third-order valence-electron chi connectivity index (χ3n) is 7.87. The molecule has 0 saturated heterocycles. The van der Waals surface area contributed by atoms with Gasteiger partial charge in [0, 0.05) is 17.1 Å². The molecule has 3 aromatic carbocycles. The average Bonchev–Trinajstić information content (AvgIpc) is 2.95. The molecule has 0 aliphatic heterocycles. The van der Waals surface area contributed by atoms with E-state index < -0.39 is 28.5 Å². The van der Waals surface area contributed by atoms with Gasteiger partial charge in [-0.3, -0.25) is 13.9 Å². The van der Waals surface area contributed by atoms with Crippen LogP contribution in [-0.2, 0) is 26.2 Å². The Morgan fingerprint density at radius 3 is 2.24 bits per heavy atom. The fourth-order valence-electron chi connectivity index (χ4n) is 5.42. The van der Waals surface area contributed by atoms with Gasteiger partial charge in [0.2, 0.25) is 11.8 Å². The molecule has 0 spiro atoms. The maximum Gasteiger partial charge on any atom is 0.264 e. The molecule has 2 amide bonds. The van der Waals surface area contributed by atoms with Crippen molar-refractivity contribution < 1.29 is 18.0 Å². The first-order valence-corrected chi connectivity index (χ1v) is 16.7. The SMILES string of the molecule is Cc1ccc(S(=O)(=O)N(CC(=O)N(Cc2cccc(Br)c2)[C@@H](C)C(=O)NC2CCCCC2)c2ccc(C)cc2C)cc1. The monoisotopic (exact) mass is 653 g/mol. The van der Waals surface area contributed by atoms with Crippen molar-refractivity contribution >= 4 is 43.5 Å². The number of carbonyl (C=O) groups is 2. The van der Waals surface area contributed by atoms with Crippen molar-refractivity contribution in [1.29, 1.82) is 0 Å². The summed E-state index contributed by atoms with van der Waals surface area (Å²) in [5, 5.41) is 3.14. The minimum absolute atomic E-state index is 0.0881. The normalized spacial score (nSPS) is 14.7. The predicted octanol–water partition coefficient (Wildman–Crippen LogP) is 6.44. The van der Waals surface area contributed by atoms with Gasteiger partial charge in [0.05, 0.1) is 10.6 Å². The van der Waals surface area contributed by atoms with Crippen molar-refractivity contribution in [2.45, 2.75) is 83.3 Å². The molecule has 1 N–H and O–H groups in total. The molecule has 7 nitrogen and oxygen atoms in total. The molecule has 1 atom stereocenters. The lowest BCUT2D eigenvalue weighted by Crippen LogP contribution is -2.53. The van der Waals surface area contributed by atoms with E-state index in [0.29, 0.717) is 5.69 Å². The molecule has 1 aliphatic rings. The van der Waals surface area contributed by atoms with E-state index in [-0.39, 0.29) is 23.4 Å². The second-order valence-electron chi connectivity index (χ2n) is 11.3. The van der Waals surface area contributed by atoms with Crippen LogP contribution in [-0.4, -0.2) is 43.8 Å². The highest BCUT2D eigenvalue weighted by molar-refractivity contribution is 9.10. The fourth-order valence-corrected chi connectivity index (χ4v) is 7.34. The van der Waals surface area contributed by atoms with Gasteiger partial charge in [-0.05, 0) is 82.0 Å². The lowest BCUT2D eigenvalue weighted by atomic mass is 9.95. The topological polar surface area (TPSA) is 86.8 Å². The first-order valence-electron chi connectivity index (χ1n) is 14.5. The van der Waals surface area contributed by atoms with Crippen molar-refractivity contribution in [2.24, 2.45) is 0 Å². The molecule has 0 unspecified atom stereocenters. The number of nitrogens with one attached hydrogen (secondary N) is 1. The van der Waals surface area contributed by atoms with E-state index in [1.807, 2.05) is 57.2 Å². The Balaban J connectivity index is 1.70. The zero-order valence-corrected chi connectivity index (χ0v) is 27.2. The molecule has 0 heterocycles. The Bertz CT molecular complexity index is 1520. The molecule has 0 bridgehead atoms. The van der Waals surface area contributed by atoms with Crippen LogP contribution in [0.2, 0.25) is 0 Å². The van der Waals surface area contributed by atoms with Crippen LogP contribution in [0.1, 0.15) is 61.3 Å². The van der Waals surface area contributed by atoms with Crippen molar-refractivity contribution in [3.05, 3.63) is 93.5 Å². The molecule has 0 radical (unpaired) electrons. The molecular weight excluding hydrogens is 614 g/mol. The number of aryl methyl sites for hydroxylation is 3. The largest absolute Gasteiger partial charge is 0.352 e. The van der Waals surface area contributed by atoms with Gasteiger partial charge in [-0.1, -0.05) is 82.7 Å². The number of halogens is 1. The van der Waals surface area contributed by atoms with Crippen molar-refractivity contribution in [3.8, 4) is 0 Å². The summed E-state index contributed by atoms with van der Waals surface area (Å²) in [6.07, 6.45) is 5.16. The lowest BCUT2D eigenvalue weighted by Gasteiger charge is -2.33. The van der Waals surface area contributed by atoms with Gasteiger partial charge in [-0.15, -0.1) is 0 Å². The number of sulfonamides is 1. The summed E-state index contributed by atoms with van der Waals surface area (Å²) in [7, 11) is -4.11. The number of carbonyl (C=O) groups excluding carboxylic acids is 2. The average molecular weight is 655 g/mol. The maximum absolute atomic E-state index is 14.2. The second kappa shape index (κ2) is 13.9. The Morgan fingerprint density at radius 1 is 0.929 bits per heavy atom. The van der Waals surface area contributed by atoms with Gasteiger partial charge in [0.25, 0.3) is 10.0 Å². The molecular formula is C33H40BrN3O4S. The highest BCUT2D eigenvalue weighted by Gasteiger charge is 2.33. The number of amides is 2. The first kappa shape index (κ1) is 31.8. The van der Waals surface area contributed by atoms with E-state index in [9.17, 15) is 18.0 Å². The molecule has 42 heavy (non-hydrogen) atoms. The van der Waals surface area contributed by atoms with Crippen molar-refractivity contribution in [1.82, 2.24) is 10.2 Å². The summed E-state index contributed by atoms with van der Waals surface area (Å²) >= 11 is 3.49. The predicted molar refractivity (Wildman–Crippen MR) is 171 cm³/mol. The number of nitrogens with zero attached hydrogens (tertiary/aromatic N) is 2. The molecule has 1 saturated carbocycles. The minimum Gasteiger partial charge on any atom is -0.352 e. The summed E-state index contributed by atoms with van der Waals surface area (Å²) in [4.78, 5) is 29.2. The van der Waals surface area contributed by atoms with E-state index in [1.165, 1.54) is 15.6 Å². The van der Waals surface area contributed by atoms with Crippen LogP contribution in [0.25, 0.3) is 0 Å². The fraction of sp³-hybridized carbons (Fsp3) is 0.394. The first-order chi connectivity index (χ1) is 20.0. The highest BCUT2D eigenvalue weighted by Crippen LogP contribution is 2.29. The smallest absolute Gasteiger partial charge is 0.264 e. The van der Waals surface area contributed by atoms with Crippen LogP contribution in [0.15, 0.2) is 76.1 Å². The summed E-state index contributed by atoms with van der Waals surface area (Å²) in [6, 6.07) is 18.9. The Labute approximate surface area is 258 Å². The zero-order valence-electron chi connectivity index (χ0n) is 24.8. The van der Waals surface area contributed by atoms with Gasteiger partial charge < -0.3 is 10.2 Å². The maximum atomic E-state index is 14.2. The quantitative estimate of drug-likeness (QED) is 0.273. The minimum atomic E-state index is -4.11. The van der Waals surface area contributed by atoms with Crippen LogP contribution in [0.4, 0.5) is 5.69 Å². The molecule has 4 rings (SSSR count). The summed E-state index contributed by atoms with van der Waals surface area (Å²) in [5.41, 5.74) is 3.91. The molecule has 1 aliphatic carbocycles. The van der Waals surface area contributed by atoms with Gasteiger partial charge in [-0.25, -0.2) is 8.42 Å². The van der Waals surface area contributed by atoms with Gasteiger partial charge in [0.15, 0.2) is 0 Å². The molecule has 224 valence electrons. The highest BCUT2D eigenvalue weighted by atomic mass is 79.9. The summed E-state index contributed by atoms with van der Waals surface area (Å²) < 4.78 is 30.2. The number of rotatable bonds is 10. The van der Waals surface area contributed by atoms with Crippen LogP contribution < -0.4 is 9.62 Å². The Hall–Kier alpha value is -3.17. The number of hydrogen-bond acceptors (Lipinski definition) is 4. The lowest BCUT2D eigenvalue weighted by molar-refractivity contribution is -0.139. The number of anilines is 1. The van der Waals surface area contributed by atoms with Gasteiger partial charge in [-0.2, -0.15) is 0 Å². The van der Waals surface area contributed by atoms with Gasteiger partial charge >= 0.3 is 0 Å². The number of benzene rings is 3. The number of hydrogen-bond donors (Lipinski definition) is 1. The van der Waals surface area contributed by atoms with Crippen LogP contribution in [0.3, 0.4) is 0 Å². The second-order valence-corrected chi connectivity index (χ2v) is 14.1. The summed E-state index contributed by atoms with van der Waals surface area (Å²) in [5.74, 6) is -0.693. The van der Waals surface area contributed by atoms with E-state index in [0.717, 1.165) is 52.4 Å². The van der Waals surface area contributed by atoms with Crippen LogP contribution in [0.5, 0.6) is 0 Å². The van der Waals surface area contributed by atoms with Crippen molar-refractivity contribution in [2.75, 3.05) is 10.8 Å². The third kappa shape index (κ3) is 7.81. The standard InChI is InChI=1S/C33H40BrN3O4S/c1-23-13-16-30(17-14-23)42(40,41)37(31-18-15-24(2)19-25(31)3)22-32(38)36(21-27-9-8-10-28(34)20-27)26(4)33(39)35-29-11-6-5-7-12-29/h8-10,13-20,26,29H,5-7,11-12,21-22H2,1-4H3,(H,35,39)/t26-/m0/s1. The van der Waals surface area contributed by atoms with Crippen LogP contribution >= 0.6 is 15.9 Å². The molecule has 0 aromatic heterocycles. The summed E-state index contributed by atoms with van der Waals surface area (Å²) in [6.45, 7) is 7.08. The zero-order chi connectivity index (χ0) is 30.4. The van der Waals surface area contributed by atoms with Crippen LogP contribution in [0, 0.1) is 20.8 Å². The molecule has 9 heteroatoms.